The fourth-order valence-electron chi connectivity index (χ4n) is 2.99. The molecule has 0 aromatic heterocycles. The molecule has 2 fully saturated rings. The molecule has 0 aliphatic carbocycles. The molecule has 2 saturated heterocycles. The zero-order valence-corrected chi connectivity index (χ0v) is 10.2. The van der Waals surface area contributed by atoms with Crippen LogP contribution in [0.25, 0.3) is 0 Å². The van der Waals surface area contributed by atoms with Crippen molar-refractivity contribution in [3.05, 3.63) is 0 Å². The summed E-state index contributed by atoms with van der Waals surface area (Å²) in [4.78, 5) is 15.7. The van der Waals surface area contributed by atoms with Gasteiger partial charge in [0.05, 0.1) is 0 Å². The van der Waals surface area contributed by atoms with Crippen LogP contribution in [-0.4, -0.2) is 55.0 Å². The summed E-state index contributed by atoms with van der Waals surface area (Å²) >= 11 is 0. The van der Waals surface area contributed by atoms with Crippen LogP contribution in [0, 0.1) is 5.41 Å². The predicted molar refractivity (Wildman–Crippen MR) is 64.0 cm³/mol. The second kappa shape index (κ2) is 4.72. The average molecular weight is 225 g/mol. The van der Waals surface area contributed by atoms with E-state index in [9.17, 15) is 4.79 Å². The summed E-state index contributed by atoms with van der Waals surface area (Å²) in [6.45, 7) is 7.97. The van der Waals surface area contributed by atoms with Crippen LogP contribution in [0.2, 0.25) is 0 Å². The van der Waals surface area contributed by atoms with Gasteiger partial charge in [-0.3, -0.25) is 4.79 Å². The van der Waals surface area contributed by atoms with Crippen molar-refractivity contribution in [1.82, 2.24) is 9.80 Å². The van der Waals surface area contributed by atoms with Crippen molar-refractivity contribution in [1.29, 1.82) is 0 Å². The van der Waals surface area contributed by atoms with Crippen molar-refractivity contribution in [3.8, 4) is 0 Å². The smallest absolute Gasteiger partial charge is 0.219 e. The molecule has 1 amide bonds. The van der Waals surface area contributed by atoms with Crippen molar-refractivity contribution >= 4 is 5.91 Å². The molecule has 2 rings (SSSR count). The Kier molecular flexibility index (Phi) is 3.50. The van der Waals surface area contributed by atoms with E-state index in [0.29, 0.717) is 5.41 Å². The van der Waals surface area contributed by atoms with Crippen LogP contribution >= 0.6 is 0 Å². The monoisotopic (exact) mass is 225 g/mol. The van der Waals surface area contributed by atoms with Gasteiger partial charge in [0.25, 0.3) is 0 Å². The maximum absolute atomic E-state index is 11.2. The summed E-state index contributed by atoms with van der Waals surface area (Å²) in [6.07, 6.45) is 3.48. The summed E-state index contributed by atoms with van der Waals surface area (Å²) in [5.41, 5.74) is 6.03. The number of carbonyl (C=O) groups is 1. The number of likely N-dealkylation sites (tertiary alicyclic amines) is 2. The topological polar surface area (TPSA) is 49.6 Å². The SMILES string of the molecule is CC(=O)N1CCC2(CC1)CN(CCCN)C2. The Morgan fingerprint density at radius 3 is 2.44 bits per heavy atom. The van der Waals surface area contributed by atoms with Gasteiger partial charge in [-0.2, -0.15) is 0 Å². The van der Waals surface area contributed by atoms with Crippen LogP contribution in [0.1, 0.15) is 26.2 Å². The van der Waals surface area contributed by atoms with Crippen molar-refractivity contribution in [3.63, 3.8) is 0 Å². The first-order valence-corrected chi connectivity index (χ1v) is 6.33. The Labute approximate surface area is 97.8 Å². The van der Waals surface area contributed by atoms with Gasteiger partial charge in [-0.25, -0.2) is 0 Å². The van der Waals surface area contributed by atoms with Gasteiger partial charge in [0.15, 0.2) is 0 Å². The molecule has 0 saturated carbocycles. The molecule has 0 unspecified atom stereocenters. The minimum atomic E-state index is 0.231. The third kappa shape index (κ3) is 2.38. The molecule has 1 spiro atoms. The first kappa shape index (κ1) is 11.9. The molecule has 2 aliphatic heterocycles. The van der Waals surface area contributed by atoms with Crippen molar-refractivity contribution < 1.29 is 4.79 Å². The summed E-state index contributed by atoms with van der Waals surface area (Å²) in [6, 6.07) is 0. The molecular weight excluding hydrogens is 202 g/mol. The van der Waals surface area contributed by atoms with E-state index in [1.807, 2.05) is 4.90 Å². The summed E-state index contributed by atoms with van der Waals surface area (Å²) in [5.74, 6) is 0.231. The molecule has 2 aliphatic rings. The van der Waals surface area contributed by atoms with E-state index in [1.54, 1.807) is 6.92 Å². The fraction of sp³-hybridized carbons (Fsp3) is 0.917. The van der Waals surface area contributed by atoms with E-state index in [-0.39, 0.29) is 5.91 Å². The zero-order chi connectivity index (χ0) is 11.6. The second-order valence-corrected chi connectivity index (χ2v) is 5.36. The number of piperidine rings is 1. The molecule has 4 heteroatoms. The van der Waals surface area contributed by atoms with Crippen molar-refractivity contribution in [2.24, 2.45) is 11.1 Å². The Morgan fingerprint density at radius 2 is 1.94 bits per heavy atom. The number of nitrogens with two attached hydrogens (primary N) is 1. The lowest BCUT2D eigenvalue weighted by Crippen LogP contribution is -2.60. The largest absolute Gasteiger partial charge is 0.343 e. The highest BCUT2D eigenvalue weighted by atomic mass is 16.2. The Hall–Kier alpha value is -0.610. The van der Waals surface area contributed by atoms with Gasteiger partial charge in [-0.1, -0.05) is 0 Å². The van der Waals surface area contributed by atoms with Crippen molar-refractivity contribution in [2.45, 2.75) is 26.2 Å². The standard InChI is InChI=1S/C12H23N3O/c1-11(16)15-7-3-12(4-8-15)9-14(10-12)6-2-5-13/h2-10,13H2,1H3. The number of rotatable bonds is 3. The number of amides is 1. The highest BCUT2D eigenvalue weighted by molar-refractivity contribution is 5.73. The molecule has 92 valence electrons. The van der Waals surface area contributed by atoms with Crippen LogP contribution in [0.5, 0.6) is 0 Å². The third-order valence-corrected chi connectivity index (χ3v) is 4.07. The maximum atomic E-state index is 11.2. The van der Waals surface area contributed by atoms with Gasteiger partial charge in [0, 0.05) is 33.1 Å². The quantitative estimate of drug-likeness (QED) is 0.750. The fourth-order valence-corrected chi connectivity index (χ4v) is 2.99. The summed E-state index contributed by atoms with van der Waals surface area (Å²) in [7, 11) is 0. The predicted octanol–water partition coefficient (Wildman–Crippen LogP) is 0.280. The van der Waals surface area contributed by atoms with E-state index in [4.69, 9.17) is 5.73 Å². The molecule has 0 aromatic carbocycles. The van der Waals surface area contributed by atoms with E-state index >= 15 is 0 Å². The third-order valence-electron chi connectivity index (χ3n) is 4.07. The van der Waals surface area contributed by atoms with Gasteiger partial charge in [-0.15, -0.1) is 0 Å². The molecular formula is C12H23N3O. The van der Waals surface area contributed by atoms with Gasteiger partial charge >= 0.3 is 0 Å². The molecule has 0 bridgehead atoms. The molecule has 4 nitrogen and oxygen atoms in total. The first-order chi connectivity index (χ1) is 7.65. The highest BCUT2D eigenvalue weighted by Gasteiger charge is 2.44. The Bertz CT molecular complexity index is 251. The second-order valence-electron chi connectivity index (χ2n) is 5.36. The van der Waals surface area contributed by atoms with Crippen LogP contribution in [0.4, 0.5) is 0 Å². The van der Waals surface area contributed by atoms with Crippen LogP contribution in [-0.2, 0) is 4.79 Å². The van der Waals surface area contributed by atoms with Gasteiger partial charge in [0.2, 0.25) is 5.91 Å². The lowest BCUT2D eigenvalue weighted by molar-refractivity contribution is -0.133. The number of hydrogen-bond acceptors (Lipinski definition) is 3. The maximum Gasteiger partial charge on any atom is 0.219 e. The molecule has 2 N–H and O–H groups in total. The highest BCUT2D eigenvalue weighted by Crippen LogP contribution is 2.40. The van der Waals surface area contributed by atoms with E-state index in [2.05, 4.69) is 4.90 Å². The van der Waals surface area contributed by atoms with Crippen LogP contribution in [0.15, 0.2) is 0 Å². The van der Waals surface area contributed by atoms with E-state index in [0.717, 1.165) is 32.6 Å². The molecule has 16 heavy (non-hydrogen) atoms. The first-order valence-electron chi connectivity index (χ1n) is 6.33. The normalized spacial score (nSPS) is 24.5. The lowest BCUT2D eigenvalue weighted by Gasteiger charge is -2.54. The minimum absolute atomic E-state index is 0.231. The van der Waals surface area contributed by atoms with Gasteiger partial charge < -0.3 is 15.5 Å². The summed E-state index contributed by atoms with van der Waals surface area (Å²) < 4.78 is 0. The Balaban J connectivity index is 1.72. The van der Waals surface area contributed by atoms with Crippen LogP contribution in [0.3, 0.4) is 0 Å². The van der Waals surface area contributed by atoms with Crippen molar-refractivity contribution in [2.75, 3.05) is 39.3 Å². The summed E-state index contributed by atoms with van der Waals surface area (Å²) in [5, 5.41) is 0. The van der Waals surface area contributed by atoms with Crippen LogP contribution < -0.4 is 5.73 Å². The van der Waals surface area contributed by atoms with E-state index < -0.39 is 0 Å². The molecule has 0 atom stereocenters. The van der Waals surface area contributed by atoms with E-state index in [1.165, 1.54) is 25.9 Å². The van der Waals surface area contributed by atoms with Gasteiger partial charge in [0.1, 0.15) is 0 Å². The number of nitrogens with zero attached hydrogens (tertiary/aromatic N) is 2. The average Bonchev–Trinajstić information content (AvgIpc) is 2.24. The zero-order valence-electron chi connectivity index (χ0n) is 10.2. The number of carbonyl (C=O) groups excluding carboxylic acids is 1. The number of hydrogen-bond donors (Lipinski definition) is 1. The Morgan fingerprint density at radius 1 is 1.31 bits per heavy atom. The molecule has 0 aromatic rings. The molecule has 2 heterocycles. The van der Waals surface area contributed by atoms with Gasteiger partial charge in [-0.05, 0) is 37.8 Å². The molecule has 0 radical (unpaired) electrons. The minimum Gasteiger partial charge on any atom is -0.343 e. The lowest BCUT2D eigenvalue weighted by atomic mass is 9.72.